The van der Waals surface area contributed by atoms with Crippen LogP contribution in [0.4, 0.5) is 4.79 Å². The monoisotopic (exact) mass is 419 g/mol. The first kappa shape index (κ1) is 21.4. The molecule has 0 saturated heterocycles. The van der Waals surface area contributed by atoms with Crippen LogP contribution in [0.3, 0.4) is 0 Å². The fourth-order valence-electron chi connectivity index (χ4n) is 3.87. The summed E-state index contributed by atoms with van der Waals surface area (Å²) < 4.78 is 9.02. The molecule has 0 spiro atoms. The highest BCUT2D eigenvalue weighted by Crippen LogP contribution is 2.33. The molecule has 3 aromatic rings. The minimum absolute atomic E-state index is 0.00893. The van der Waals surface area contributed by atoms with Gasteiger partial charge in [0.2, 0.25) is 0 Å². The fourth-order valence-corrected chi connectivity index (χ4v) is 4.16. The van der Waals surface area contributed by atoms with Gasteiger partial charge >= 0.3 is 11.8 Å². The number of pyridine rings is 1. The molecule has 8 nitrogen and oxygen atoms in total. The van der Waals surface area contributed by atoms with E-state index in [-0.39, 0.29) is 17.8 Å². The normalized spacial score (nSPS) is 19.2. The molecule has 0 radical (unpaired) electrons. The SMILES string of the molecule is CC.CC(C)(C)OC(=O)NC1CCC(n2c(=O)[nH]c3cnc4c(ccn4P)c32)C1. The van der Waals surface area contributed by atoms with Crippen molar-refractivity contribution < 1.29 is 9.53 Å². The molecule has 158 valence electrons. The summed E-state index contributed by atoms with van der Waals surface area (Å²) in [4.78, 5) is 32.0. The molecule has 0 bridgehead atoms. The Bertz CT molecular complexity index is 1080. The van der Waals surface area contributed by atoms with Crippen molar-refractivity contribution in [2.75, 3.05) is 0 Å². The number of alkyl carbamates (subject to hydrolysis) is 1. The molecule has 0 aromatic carbocycles. The highest BCUT2D eigenvalue weighted by molar-refractivity contribution is 7.14. The van der Waals surface area contributed by atoms with Crippen LogP contribution >= 0.6 is 9.39 Å². The smallest absolute Gasteiger partial charge is 0.407 e. The molecule has 4 rings (SSSR count). The number of aromatic amines is 1. The lowest BCUT2D eigenvalue weighted by molar-refractivity contribution is 0.0505. The van der Waals surface area contributed by atoms with Gasteiger partial charge in [0.25, 0.3) is 0 Å². The second-order valence-corrected chi connectivity index (χ2v) is 8.65. The van der Waals surface area contributed by atoms with Crippen molar-refractivity contribution >= 4 is 37.6 Å². The number of imidazole rings is 1. The molecule has 29 heavy (non-hydrogen) atoms. The minimum Gasteiger partial charge on any atom is -0.444 e. The van der Waals surface area contributed by atoms with E-state index in [0.717, 1.165) is 34.9 Å². The Balaban J connectivity index is 0.00000117. The molecular formula is C20H30N5O3P. The molecule has 3 heterocycles. The maximum Gasteiger partial charge on any atom is 0.407 e. The Kier molecular flexibility index (Phi) is 6.03. The number of ether oxygens (including phenoxy) is 1. The zero-order valence-electron chi connectivity index (χ0n) is 17.7. The molecule has 1 saturated carbocycles. The number of hydrogen-bond acceptors (Lipinski definition) is 4. The fraction of sp³-hybridized carbons (Fsp3) is 0.550. The summed E-state index contributed by atoms with van der Waals surface area (Å²) >= 11 is 0. The molecule has 9 heteroatoms. The lowest BCUT2D eigenvalue weighted by Gasteiger charge is -2.21. The molecule has 1 aliphatic carbocycles. The number of carbonyl (C=O) groups is 1. The van der Waals surface area contributed by atoms with Gasteiger partial charge in [-0.3, -0.25) is 4.57 Å². The third kappa shape index (κ3) is 4.32. The van der Waals surface area contributed by atoms with Crippen molar-refractivity contribution in [2.24, 2.45) is 0 Å². The van der Waals surface area contributed by atoms with Crippen LogP contribution in [0.25, 0.3) is 22.1 Å². The van der Waals surface area contributed by atoms with Gasteiger partial charge in [0.1, 0.15) is 11.2 Å². The summed E-state index contributed by atoms with van der Waals surface area (Å²) in [6.45, 7) is 9.52. The summed E-state index contributed by atoms with van der Waals surface area (Å²) in [7, 11) is 2.60. The van der Waals surface area contributed by atoms with Crippen LogP contribution in [0, 0.1) is 0 Å². The van der Waals surface area contributed by atoms with E-state index < -0.39 is 11.7 Å². The van der Waals surface area contributed by atoms with Crippen molar-refractivity contribution in [1.82, 2.24) is 24.2 Å². The van der Waals surface area contributed by atoms with Crippen LogP contribution < -0.4 is 11.0 Å². The Morgan fingerprint density at radius 2 is 2.07 bits per heavy atom. The third-order valence-corrected chi connectivity index (χ3v) is 5.32. The lowest BCUT2D eigenvalue weighted by Crippen LogP contribution is -2.38. The average molecular weight is 419 g/mol. The molecule has 1 amide bonds. The van der Waals surface area contributed by atoms with Gasteiger partial charge in [0.15, 0.2) is 0 Å². The highest BCUT2D eigenvalue weighted by atomic mass is 31.0. The maximum atomic E-state index is 12.6. The van der Waals surface area contributed by atoms with Crippen LogP contribution in [0.1, 0.15) is 59.9 Å². The first-order valence-electron chi connectivity index (χ1n) is 10.1. The van der Waals surface area contributed by atoms with E-state index >= 15 is 0 Å². The maximum absolute atomic E-state index is 12.6. The molecule has 3 atom stereocenters. The number of hydrogen-bond donors (Lipinski definition) is 2. The van der Waals surface area contributed by atoms with E-state index in [1.54, 1.807) is 6.20 Å². The summed E-state index contributed by atoms with van der Waals surface area (Å²) in [5, 5.41) is 3.86. The van der Waals surface area contributed by atoms with Crippen LogP contribution in [0.5, 0.6) is 0 Å². The van der Waals surface area contributed by atoms with E-state index in [0.29, 0.717) is 6.42 Å². The van der Waals surface area contributed by atoms with Crippen LogP contribution in [0.15, 0.2) is 23.3 Å². The second kappa shape index (κ2) is 8.19. The second-order valence-electron chi connectivity index (χ2n) is 8.09. The quantitative estimate of drug-likeness (QED) is 0.615. The molecule has 2 N–H and O–H groups in total. The van der Waals surface area contributed by atoms with E-state index in [9.17, 15) is 9.59 Å². The Labute approximate surface area is 172 Å². The Morgan fingerprint density at radius 3 is 2.76 bits per heavy atom. The first-order chi connectivity index (χ1) is 13.7. The number of aromatic nitrogens is 4. The number of amides is 1. The van der Waals surface area contributed by atoms with E-state index in [4.69, 9.17) is 4.74 Å². The van der Waals surface area contributed by atoms with E-state index in [1.165, 1.54) is 0 Å². The first-order valence-corrected chi connectivity index (χ1v) is 10.6. The molecule has 1 fully saturated rings. The van der Waals surface area contributed by atoms with Gasteiger partial charge in [0.05, 0.1) is 17.2 Å². The summed E-state index contributed by atoms with van der Waals surface area (Å²) in [6.07, 6.45) is 5.51. The van der Waals surface area contributed by atoms with Crippen molar-refractivity contribution in [1.29, 1.82) is 0 Å². The van der Waals surface area contributed by atoms with Gasteiger partial charge in [0, 0.05) is 23.7 Å². The standard InChI is InChI=1S/C18H24N5O3P.C2H6/c1-18(2,3)26-17(25)20-10-4-5-11(8-10)23-14-12-6-7-22(27)15(12)19-9-13(14)21-16(23)24;1-2/h6-7,9-11H,4-5,8,27H2,1-3H3,(H,20,25)(H,21,24);1-2H3. The van der Waals surface area contributed by atoms with Gasteiger partial charge in [-0.05, 0) is 55.5 Å². The Hall–Kier alpha value is -2.34. The number of H-pyrrole nitrogens is 1. The molecule has 0 aliphatic heterocycles. The van der Waals surface area contributed by atoms with E-state index in [2.05, 4.69) is 24.7 Å². The van der Waals surface area contributed by atoms with Gasteiger partial charge in [-0.15, -0.1) is 0 Å². The largest absolute Gasteiger partial charge is 0.444 e. The summed E-state index contributed by atoms with van der Waals surface area (Å²) in [5.41, 5.74) is 1.74. The van der Waals surface area contributed by atoms with Crippen molar-refractivity contribution in [3.05, 3.63) is 28.9 Å². The van der Waals surface area contributed by atoms with Crippen LogP contribution in [-0.4, -0.2) is 36.6 Å². The zero-order valence-corrected chi connectivity index (χ0v) is 18.8. The van der Waals surface area contributed by atoms with E-state index in [1.807, 2.05) is 55.8 Å². The average Bonchev–Trinajstić information content (AvgIpc) is 3.32. The number of nitrogens with one attached hydrogen (secondary N) is 2. The molecular weight excluding hydrogens is 389 g/mol. The minimum atomic E-state index is -0.528. The van der Waals surface area contributed by atoms with Crippen molar-refractivity contribution in [2.45, 2.75) is 71.6 Å². The van der Waals surface area contributed by atoms with Gasteiger partial charge in [-0.2, -0.15) is 0 Å². The molecule has 3 unspecified atom stereocenters. The third-order valence-electron chi connectivity index (χ3n) is 4.91. The topological polar surface area (TPSA) is 93.9 Å². The van der Waals surface area contributed by atoms with Gasteiger partial charge < -0.3 is 19.4 Å². The number of rotatable bonds is 2. The zero-order chi connectivity index (χ0) is 21.3. The number of nitrogens with zero attached hydrogens (tertiary/aromatic N) is 3. The van der Waals surface area contributed by atoms with Crippen LogP contribution in [0.2, 0.25) is 0 Å². The van der Waals surface area contributed by atoms with Gasteiger partial charge in [-0.1, -0.05) is 13.8 Å². The predicted molar refractivity (Wildman–Crippen MR) is 118 cm³/mol. The number of carbonyl (C=O) groups excluding carboxylic acids is 1. The highest BCUT2D eigenvalue weighted by Gasteiger charge is 2.31. The predicted octanol–water partition coefficient (Wildman–Crippen LogP) is 3.96. The molecule has 1 aliphatic rings. The number of fused-ring (bicyclic) bond motifs is 3. The van der Waals surface area contributed by atoms with Crippen molar-refractivity contribution in [3.63, 3.8) is 0 Å². The molecule has 3 aromatic heterocycles. The summed E-state index contributed by atoms with van der Waals surface area (Å²) in [5.74, 6) is 0. The van der Waals surface area contributed by atoms with Crippen LogP contribution in [-0.2, 0) is 4.74 Å². The van der Waals surface area contributed by atoms with Gasteiger partial charge in [-0.25, -0.2) is 14.6 Å². The lowest BCUT2D eigenvalue weighted by atomic mass is 10.2. The summed E-state index contributed by atoms with van der Waals surface area (Å²) in [6, 6.07) is 1.97. The van der Waals surface area contributed by atoms with Crippen molar-refractivity contribution in [3.8, 4) is 0 Å². The Morgan fingerprint density at radius 1 is 1.34 bits per heavy atom.